The van der Waals surface area contributed by atoms with Crippen molar-refractivity contribution < 1.29 is 80.2 Å². The first-order valence-electron chi connectivity index (χ1n) is 37.5. The molecule has 3 N–H and O–H groups in total. The lowest BCUT2D eigenvalue weighted by Gasteiger charge is -2.21. The van der Waals surface area contributed by atoms with Crippen molar-refractivity contribution in [3.8, 4) is 0 Å². The van der Waals surface area contributed by atoms with E-state index in [4.69, 9.17) is 37.0 Å². The number of hydrogen-bond donors (Lipinski definition) is 3. The average Bonchev–Trinajstić information content (AvgIpc) is 2.51. The van der Waals surface area contributed by atoms with Crippen molar-refractivity contribution in [3.05, 3.63) is 0 Å². The average molecular weight is 1340 g/mol. The number of unbranched alkanes of at least 4 members (excludes halogenated alkanes) is 41. The molecule has 0 spiro atoms. The zero-order chi connectivity index (χ0) is 67.2. The van der Waals surface area contributed by atoms with E-state index in [2.05, 4.69) is 41.5 Å². The van der Waals surface area contributed by atoms with Crippen LogP contribution in [0, 0.1) is 11.8 Å². The SMILES string of the molecule is CCCCCCCCCCCCCCCC(=O)OC[C@H](COP(=O)(O)OC[C@@H](O)COP(=O)(O)OC[C@@H](COC(=O)CCCCCCCCCCCC)OC(=O)CCCCCCCCCCC(C)C)OC(=O)CCCCCCCCCCCCCCCCC(C)C. The highest BCUT2D eigenvalue weighted by Crippen LogP contribution is 2.45. The van der Waals surface area contributed by atoms with Gasteiger partial charge in [-0.25, -0.2) is 9.13 Å². The highest BCUT2D eigenvalue weighted by molar-refractivity contribution is 7.47. The molecule has 0 radical (unpaired) electrons. The van der Waals surface area contributed by atoms with E-state index in [-0.39, 0.29) is 25.7 Å². The van der Waals surface area contributed by atoms with Crippen LogP contribution in [0.3, 0.4) is 0 Å². The van der Waals surface area contributed by atoms with Crippen LogP contribution in [0.15, 0.2) is 0 Å². The summed E-state index contributed by atoms with van der Waals surface area (Å²) in [7, 11) is -9.90. The maximum absolute atomic E-state index is 13.0. The van der Waals surface area contributed by atoms with E-state index in [0.717, 1.165) is 102 Å². The Kier molecular flexibility index (Phi) is 62.7. The van der Waals surface area contributed by atoms with Gasteiger partial charge in [-0.3, -0.25) is 37.3 Å². The van der Waals surface area contributed by atoms with Crippen molar-refractivity contribution in [2.75, 3.05) is 39.6 Å². The normalized spacial score (nSPS) is 14.1. The third-order valence-electron chi connectivity index (χ3n) is 16.7. The van der Waals surface area contributed by atoms with Crippen LogP contribution in [0.5, 0.6) is 0 Å². The van der Waals surface area contributed by atoms with Gasteiger partial charge in [-0.1, -0.05) is 318 Å². The number of ether oxygens (including phenoxy) is 4. The number of carbonyl (C=O) groups excluding carboxylic acids is 4. The lowest BCUT2D eigenvalue weighted by molar-refractivity contribution is -0.161. The number of aliphatic hydroxyl groups excluding tert-OH is 1. The minimum atomic E-state index is -4.95. The minimum absolute atomic E-state index is 0.105. The van der Waals surface area contributed by atoms with E-state index < -0.39 is 97.5 Å². The molecule has 2 unspecified atom stereocenters. The first-order valence-corrected chi connectivity index (χ1v) is 40.5. The first kappa shape index (κ1) is 89.1. The van der Waals surface area contributed by atoms with Crippen LogP contribution in [0.25, 0.3) is 0 Å². The molecule has 0 aromatic heterocycles. The highest BCUT2D eigenvalue weighted by atomic mass is 31.2. The van der Waals surface area contributed by atoms with Gasteiger partial charge in [0.2, 0.25) is 0 Å². The Bertz CT molecular complexity index is 1770. The van der Waals surface area contributed by atoms with Gasteiger partial charge < -0.3 is 33.8 Å². The lowest BCUT2D eigenvalue weighted by Crippen LogP contribution is -2.30. The standard InChI is InChI=1S/C72H140O17P2/c1-7-9-11-13-15-17-19-22-26-30-37-43-49-55-70(75)83-60-67(88-71(76)56-50-44-38-31-27-24-21-20-23-25-28-34-40-46-52-64(3)4)62-86-90(78,79)84-58-66(73)59-85-91(80,81)87-63-68(61-82-69(74)54-48-42-36-29-18-16-14-12-10-8-2)89-72(77)57-51-45-39-33-32-35-41-47-53-65(5)6/h64-68,73H,7-63H2,1-6H3,(H,78,79)(H,80,81)/t66-,67-,68-/m1/s1. The van der Waals surface area contributed by atoms with Gasteiger partial charge in [-0.2, -0.15) is 0 Å². The summed E-state index contributed by atoms with van der Waals surface area (Å²) in [5, 5.41) is 10.6. The number of phosphoric ester groups is 2. The minimum Gasteiger partial charge on any atom is -0.462 e. The summed E-state index contributed by atoms with van der Waals surface area (Å²) in [6.45, 7) is 9.54. The Morgan fingerprint density at radius 3 is 0.747 bits per heavy atom. The van der Waals surface area contributed by atoms with Gasteiger partial charge in [0, 0.05) is 25.7 Å². The predicted molar refractivity (Wildman–Crippen MR) is 368 cm³/mol. The number of rotatable bonds is 71. The molecule has 19 heteroatoms. The molecule has 540 valence electrons. The fourth-order valence-corrected chi connectivity index (χ4v) is 12.5. The van der Waals surface area contributed by atoms with Crippen LogP contribution in [0.2, 0.25) is 0 Å². The Hall–Kier alpha value is -1.94. The maximum atomic E-state index is 13.0. The molecular weight excluding hydrogens is 1200 g/mol. The van der Waals surface area contributed by atoms with Crippen molar-refractivity contribution in [2.24, 2.45) is 11.8 Å². The molecule has 0 aliphatic heterocycles. The molecule has 0 amide bonds. The summed E-state index contributed by atoms with van der Waals surface area (Å²) in [4.78, 5) is 72.6. The molecule has 17 nitrogen and oxygen atoms in total. The molecule has 0 rings (SSSR count). The summed E-state index contributed by atoms with van der Waals surface area (Å²) < 4.78 is 68.3. The third kappa shape index (κ3) is 66.5. The predicted octanol–water partition coefficient (Wildman–Crippen LogP) is 20.8. The maximum Gasteiger partial charge on any atom is 0.472 e. The molecule has 0 saturated carbocycles. The van der Waals surface area contributed by atoms with Gasteiger partial charge in [0.1, 0.15) is 19.3 Å². The van der Waals surface area contributed by atoms with E-state index in [0.29, 0.717) is 25.7 Å². The van der Waals surface area contributed by atoms with E-state index in [1.165, 1.54) is 186 Å². The van der Waals surface area contributed by atoms with Crippen molar-refractivity contribution in [1.29, 1.82) is 0 Å². The van der Waals surface area contributed by atoms with Gasteiger partial charge in [0.05, 0.1) is 26.4 Å². The van der Waals surface area contributed by atoms with Crippen LogP contribution < -0.4 is 0 Å². The van der Waals surface area contributed by atoms with Crippen molar-refractivity contribution >= 4 is 39.5 Å². The van der Waals surface area contributed by atoms with E-state index in [1.807, 2.05) is 0 Å². The number of hydrogen-bond acceptors (Lipinski definition) is 15. The van der Waals surface area contributed by atoms with E-state index in [9.17, 15) is 43.2 Å². The molecule has 0 aromatic carbocycles. The molecule has 5 atom stereocenters. The Morgan fingerprint density at radius 2 is 0.505 bits per heavy atom. The summed E-state index contributed by atoms with van der Waals surface area (Å²) in [5.41, 5.74) is 0. The molecule has 0 aromatic rings. The summed E-state index contributed by atoms with van der Waals surface area (Å²) in [6, 6.07) is 0. The molecular formula is C72H140O17P2. The van der Waals surface area contributed by atoms with Crippen molar-refractivity contribution in [3.63, 3.8) is 0 Å². The second-order valence-electron chi connectivity index (χ2n) is 26.9. The quantitative estimate of drug-likeness (QED) is 0.0222. The molecule has 0 aliphatic rings. The van der Waals surface area contributed by atoms with Gasteiger partial charge in [-0.15, -0.1) is 0 Å². The number of aliphatic hydroxyl groups is 1. The highest BCUT2D eigenvalue weighted by Gasteiger charge is 2.30. The van der Waals surface area contributed by atoms with Gasteiger partial charge in [0.25, 0.3) is 0 Å². The lowest BCUT2D eigenvalue weighted by atomic mass is 10.0. The Balaban J connectivity index is 5.24. The molecule has 0 saturated heterocycles. The first-order chi connectivity index (χ1) is 43.9. The molecule has 0 heterocycles. The van der Waals surface area contributed by atoms with E-state index >= 15 is 0 Å². The molecule has 91 heavy (non-hydrogen) atoms. The second kappa shape index (κ2) is 64.1. The van der Waals surface area contributed by atoms with Gasteiger partial charge in [-0.05, 0) is 37.5 Å². The van der Waals surface area contributed by atoms with Gasteiger partial charge >= 0.3 is 39.5 Å². The Labute approximate surface area is 556 Å². The second-order valence-corrected chi connectivity index (χ2v) is 29.8. The monoisotopic (exact) mass is 1340 g/mol. The van der Waals surface area contributed by atoms with Crippen molar-refractivity contribution in [2.45, 2.75) is 387 Å². The zero-order valence-electron chi connectivity index (χ0n) is 59.1. The van der Waals surface area contributed by atoms with E-state index in [1.54, 1.807) is 0 Å². The zero-order valence-corrected chi connectivity index (χ0v) is 60.9. The molecule has 0 fully saturated rings. The van der Waals surface area contributed by atoms with Crippen LogP contribution in [0.4, 0.5) is 0 Å². The summed E-state index contributed by atoms with van der Waals surface area (Å²) in [6.07, 6.45) is 49.9. The van der Waals surface area contributed by atoms with Crippen LogP contribution >= 0.6 is 15.6 Å². The largest absolute Gasteiger partial charge is 0.472 e. The van der Waals surface area contributed by atoms with Crippen LogP contribution in [-0.4, -0.2) is 96.7 Å². The number of phosphoric acid groups is 2. The molecule has 0 bridgehead atoms. The fourth-order valence-electron chi connectivity index (χ4n) is 10.9. The van der Waals surface area contributed by atoms with Gasteiger partial charge in [0.15, 0.2) is 12.2 Å². The number of esters is 4. The third-order valence-corrected chi connectivity index (χ3v) is 18.6. The van der Waals surface area contributed by atoms with Crippen molar-refractivity contribution in [1.82, 2.24) is 0 Å². The molecule has 0 aliphatic carbocycles. The fraction of sp³-hybridized carbons (Fsp3) is 0.944. The topological polar surface area (TPSA) is 237 Å². The summed E-state index contributed by atoms with van der Waals surface area (Å²) >= 11 is 0. The van der Waals surface area contributed by atoms with Crippen LogP contribution in [0.1, 0.15) is 369 Å². The number of carbonyl (C=O) groups is 4. The summed E-state index contributed by atoms with van der Waals surface area (Å²) in [5.74, 6) is -0.608. The Morgan fingerprint density at radius 1 is 0.297 bits per heavy atom. The smallest absolute Gasteiger partial charge is 0.462 e. The van der Waals surface area contributed by atoms with Crippen LogP contribution in [-0.2, 0) is 65.4 Å².